The highest BCUT2D eigenvalue weighted by Crippen LogP contribution is 2.17. The fraction of sp³-hybridized carbons (Fsp3) is 0.368. The van der Waals surface area contributed by atoms with E-state index in [1.165, 1.54) is 9.56 Å². The lowest BCUT2D eigenvalue weighted by molar-refractivity contribution is -0.121. The van der Waals surface area contributed by atoms with Crippen LogP contribution in [-0.2, 0) is 17.8 Å². The summed E-state index contributed by atoms with van der Waals surface area (Å²) >= 11 is 1.70. The van der Waals surface area contributed by atoms with E-state index in [1.807, 2.05) is 32.0 Å². The van der Waals surface area contributed by atoms with Gasteiger partial charge in [0.2, 0.25) is 5.91 Å². The van der Waals surface area contributed by atoms with E-state index < -0.39 is 0 Å². The molecule has 26 heavy (non-hydrogen) atoms. The Morgan fingerprint density at radius 2 is 1.88 bits per heavy atom. The lowest BCUT2D eigenvalue weighted by atomic mass is 10.1. The minimum atomic E-state index is -0.241. The number of aryl methyl sites for hydroxylation is 4. The summed E-state index contributed by atoms with van der Waals surface area (Å²) in [6.45, 7) is 6.40. The second-order valence-electron chi connectivity index (χ2n) is 6.30. The maximum absolute atomic E-state index is 12.5. The topological polar surface area (TPSA) is 76.9 Å². The van der Waals surface area contributed by atoms with Crippen LogP contribution in [-0.4, -0.2) is 27.2 Å². The summed E-state index contributed by atoms with van der Waals surface area (Å²) < 4.78 is 1.24. The summed E-state index contributed by atoms with van der Waals surface area (Å²) in [6, 6.07) is 7.32. The molecule has 0 spiro atoms. The number of nitrogens with zero attached hydrogens (tertiary/aromatic N) is 3. The van der Waals surface area contributed by atoms with Gasteiger partial charge in [0.1, 0.15) is 6.54 Å². The molecule has 2 heterocycles. The molecule has 0 aliphatic heterocycles. The van der Waals surface area contributed by atoms with Gasteiger partial charge in [0, 0.05) is 23.2 Å². The molecule has 3 aromatic rings. The molecule has 136 valence electrons. The summed E-state index contributed by atoms with van der Waals surface area (Å²) in [7, 11) is 0. The summed E-state index contributed by atoms with van der Waals surface area (Å²) in [6.07, 6.45) is 1.66. The molecular weight excluding hydrogens is 348 g/mol. The van der Waals surface area contributed by atoms with E-state index >= 15 is 0 Å². The van der Waals surface area contributed by atoms with Gasteiger partial charge >= 0.3 is 0 Å². The molecule has 7 heteroatoms. The average Bonchev–Trinajstić information content (AvgIpc) is 2.94. The van der Waals surface area contributed by atoms with Gasteiger partial charge in [-0.3, -0.25) is 9.59 Å². The van der Waals surface area contributed by atoms with E-state index in [4.69, 9.17) is 0 Å². The SMILES string of the molecule is Cc1nc(CCCNC(=O)Cn2nc(C)c3ccccc3c2=O)sc1C. The van der Waals surface area contributed by atoms with Crippen molar-refractivity contribution >= 4 is 28.0 Å². The van der Waals surface area contributed by atoms with Crippen molar-refractivity contribution in [3.63, 3.8) is 0 Å². The molecule has 1 amide bonds. The quantitative estimate of drug-likeness (QED) is 0.677. The van der Waals surface area contributed by atoms with Crippen molar-refractivity contribution in [1.29, 1.82) is 0 Å². The minimum Gasteiger partial charge on any atom is -0.354 e. The number of benzene rings is 1. The van der Waals surface area contributed by atoms with Crippen molar-refractivity contribution in [3.8, 4) is 0 Å². The van der Waals surface area contributed by atoms with Gasteiger partial charge in [-0.25, -0.2) is 9.67 Å². The molecular formula is C19H22N4O2S. The summed E-state index contributed by atoms with van der Waals surface area (Å²) in [5.74, 6) is -0.208. The second-order valence-corrected chi connectivity index (χ2v) is 7.58. The lowest BCUT2D eigenvalue weighted by Crippen LogP contribution is -2.34. The van der Waals surface area contributed by atoms with Gasteiger partial charge in [-0.05, 0) is 33.3 Å². The van der Waals surface area contributed by atoms with E-state index in [-0.39, 0.29) is 18.0 Å². The van der Waals surface area contributed by atoms with Gasteiger partial charge in [-0.1, -0.05) is 18.2 Å². The normalized spacial score (nSPS) is 11.0. The number of carbonyl (C=O) groups excluding carboxylic acids is 1. The maximum Gasteiger partial charge on any atom is 0.275 e. The lowest BCUT2D eigenvalue weighted by Gasteiger charge is -2.09. The Labute approximate surface area is 155 Å². The predicted molar refractivity (Wildman–Crippen MR) is 104 cm³/mol. The Kier molecular flexibility index (Phi) is 5.46. The molecule has 0 aliphatic carbocycles. The number of carbonyl (C=O) groups is 1. The van der Waals surface area contributed by atoms with Crippen molar-refractivity contribution in [3.05, 3.63) is 55.9 Å². The van der Waals surface area contributed by atoms with Gasteiger partial charge in [-0.2, -0.15) is 5.10 Å². The number of amides is 1. The first kappa shape index (κ1) is 18.3. The fourth-order valence-corrected chi connectivity index (χ4v) is 3.79. The molecule has 0 radical (unpaired) electrons. The van der Waals surface area contributed by atoms with Gasteiger partial charge in [0.25, 0.3) is 5.56 Å². The van der Waals surface area contributed by atoms with Crippen LogP contribution >= 0.6 is 11.3 Å². The van der Waals surface area contributed by atoms with Gasteiger partial charge < -0.3 is 5.32 Å². The molecule has 0 atom stereocenters. The highest BCUT2D eigenvalue weighted by atomic mass is 32.1. The van der Waals surface area contributed by atoms with Crippen molar-refractivity contribution in [2.75, 3.05) is 6.54 Å². The van der Waals surface area contributed by atoms with E-state index in [0.29, 0.717) is 11.9 Å². The second kappa shape index (κ2) is 7.78. The predicted octanol–water partition coefficient (Wildman–Crippen LogP) is 2.53. The van der Waals surface area contributed by atoms with Crippen LogP contribution in [0.1, 0.15) is 27.7 Å². The monoisotopic (exact) mass is 370 g/mol. The highest BCUT2D eigenvalue weighted by Gasteiger charge is 2.10. The number of hydrogen-bond donors (Lipinski definition) is 1. The van der Waals surface area contributed by atoms with Gasteiger partial charge in [-0.15, -0.1) is 11.3 Å². The third-order valence-corrected chi connectivity index (χ3v) is 5.44. The smallest absolute Gasteiger partial charge is 0.275 e. The van der Waals surface area contributed by atoms with Gasteiger partial charge in [0.05, 0.1) is 21.8 Å². The van der Waals surface area contributed by atoms with Crippen LogP contribution in [0.4, 0.5) is 0 Å². The molecule has 0 bridgehead atoms. The molecule has 0 aliphatic rings. The third-order valence-electron chi connectivity index (χ3n) is 4.31. The van der Waals surface area contributed by atoms with Crippen molar-refractivity contribution < 1.29 is 4.79 Å². The van der Waals surface area contributed by atoms with Gasteiger partial charge in [0.15, 0.2) is 0 Å². The van der Waals surface area contributed by atoms with E-state index in [1.54, 1.807) is 17.4 Å². The fourth-order valence-electron chi connectivity index (χ4n) is 2.82. The van der Waals surface area contributed by atoms with Crippen molar-refractivity contribution in [2.24, 2.45) is 0 Å². The van der Waals surface area contributed by atoms with Crippen LogP contribution in [0.15, 0.2) is 29.1 Å². The molecule has 0 saturated carbocycles. The van der Waals surface area contributed by atoms with Crippen LogP contribution in [0.2, 0.25) is 0 Å². The zero-order valence-electron chi connectivity index (χ0n) is 15.2. The zero-order valence-corrected chi connectivity index (χ0v) is 16.0. The molecule has 3 rings (SSSR count). The van der Waals surface area contributed by atoms with E-state index in [2.05, 4.69) is 22.3 Å². The Morgan fingerprint density at radius 3 is 2.58 bits per heavy atom. The Hall–Kier alpha value is -2.54. The van der Waals surface area contributed by atoms with Crippen LogP contribution < -0.4 is 10.9 Å². The Balaban J connectivity index is 1.57. The van der Waals surface area contributed by atoms with Crippen LogP contribution in [0.25, 0.3) is 10.8 Å². The largest absolute Gasteiger partial charge is 0.354 e. The van der Waals surface area contributed by atoms with Crippen LogP contribution in [0.3, 0.4) is 0 Å². The maximum atomic E-state index is 12.5. The molecule has 2 aromatic heterocycles. The molecule has 6 nitrogen and oxygen atoms in total. The average molecular weight is 370 g/mol. The number of nitrogens with one attached hydrogen (secondary N) is 1. The zero-order chi connectivity index (χ0) is 18.7. The molecule has 1 N–H and O–H groups in total. The Morgan fingerprint density at radius 1 is 1.15 bits per heavy atom. The summed E-state index contributed by atoms with van der Waals surface area (Å²) in [5, 5.41) is 9.62. The van der Waals surface area contributed by atoms with Crippen molar-refractivity contribution in [1.82, 2.24) is 20.1 Å². The number of rotatable bonds is 6. The summed E-state index contributed by atoms with van der Waals surface area (Å²) in [5.41, 5.74) is 1.57. The number of thiazole rings is 1. The minimum absolute atomic E-state index is 0.0695. The van der Waals surface area contributed by atoms with Crippen LogP contribution in [0.5, 0.6) is 0 Å². The molecule has 0 saturated heterocycles. The number of hydrogen-bond acceptors (Lipinski definition) is 5. The number of fused-ring (bicyclic) bond motifs is 1. The number of aromatic nitrogens is 3. The standard InChI is InChI=1S/C19H22N4O2S/c1-12-14(3)26-18(21-12)9-6-10-20-17(24)11-23-19(25)16-8-5-4-7-15(16)13(2)22-23/h4-5,7-8H,6,9-11H2,1-3H3,(H,20,24). The first-order valence-corrected chi connectivity index (χ1v) is 9.43. The van der Waals surface area contributed by atoms with Crippen molar-refractivity contribution in [2.45, 2.75) is 40.2 Å². The van der Waals surface area contributed by atoms with E-state index in [9.17, 15) is 9.59 Å². The first-order chi connectivity index (χ1) is 12.5. The van der Waals surface area contributed by atoms with Crippen LogP contribution in [0, 0.1) is 20.8 Å². The summed E-state index contributed by atoms with van der Waals surface area (Å²) in [4.78, 5) is 30.4. The highest BCUT2D eigenvalue weighted by molar-refractivity contribution is 7.11. The van der Waals surface area contributed by atoms with E-state index in [0.717, 1.165) is 34.6 Å². The molecule has 1 aromatic carbocycles. The molecule has 0 fully saturated rings. The first-order valence-electron chi connectivity index (χ1n) is 8.62. The third kappa shape index (κ3) is 3.99. The molecule has 0 unspecified atom stereocenters. The Bertz CT molecular complexity index is 987.